The van der Waals surface area contributed by atoms with Crippen molar-refractivity contribution in [1.29, 1.82) is 0 Å². The Hall–Kier alpha value is -1.45. The highest BCUT2D eigenvalue weighted by atomic mass is 35.5. The first kappa shape index (κ1) is 14.0. The molecule has 2 rings (SSSR count). The lowest BCUT2D eigenvalue weighted by Gasteiger charge is -2.14. The Morgan fingerprint density at radius 2 is 2.05 bits per heavy atom. The number of halogens is 1. The number of furan rings is 1. The second-order valence-corrected chi connectivity index (χ2v) is 5.18. The van der Waals surface area contributed by atoms with Crippen molar-refractivity contribution < 1.29 is 9.52 Å². The molecule has 2 aromatic rings. The number of rotatable bonds is 4. The highest BCUT2D eigenvalue weighted by Gasteiger charge is 2.13. The first-order valence-electron chi connectivity index (χ1n) is 6.25. The van der Waals surface area contributed by atoms with E-state index in [4.69, 9.17) is 16.0 Å². The van der Waals surface area contributed by atoms with Crippen LogP contribution < -0.4 is 5.32 Å². The third kappa shape index (κ3) is 3.31. The Morgan fingerprint density at radius 1 is 1.32 bits per heavy atom. The summed E-state index contributed by atoms with van der Waals surface area (Å²) in [5, 5.41) is 13.7. The fraction of sp³-hybridized carbons (Fsp3) is 0.333. The summed E-state index contributed by atoms with van der Waals surface area (Å²) in [5.41, 5.74) is 1.93. The topological polar surface area (TPSA) is 45.4 Å². The molecule has 0 saturated heterocycles. The first-order chi connectivity index (χ1) is 8.97. The smallest absolute Gasteiger partial charge is 0.120 e. The summed E-state index contributed by atoms with van der Waals surface area (Å²) in [5.74, 6) is 2.09. The largest absolute Gasteiger partial charge is 0.508 e. The monoisotopic (exact) mass is 279 g/mol. The zero-order valence-electron chi connectivity index (χ0n) is 11.3. The molecule has 1 aromatic carbocycles. The van der Waals surface area contributed by atoms with Gasteiger partial charge in [0.2, 0.25) is 0 Å². The van der Waals surface area contributed by atoms with Crippen LogP contribution in [0.2, 0.25) is 5.02 Å². The lowest BCUT2D eigenvalue weighted by atomic mass is 10.1. The van der Waals surface area contributed by atoms with Gasteiger partial charge in [-0.1, -0.05) is 11.6 Å². The molecule has 0 fully saturated rings. The zero-order valence-corrected chi connectivity index (χ0v) is 12.1. The van der Waals surface area contributed by atoms with Gasteiger partial charge in [-0.2, -0.15) is 0 Å². The molecule has 0 radical (unpaired) electrons. The molecule has 102 valence electrons. The molecular weight excluding hydrogens is 262 g/mol. The highest BCUT2D eigenvalue weighted by Crippen LogP contribution is 2.24. The van der Waals surface area contributed by atoms with E-state index in [1.165, 1.54) is 0 Å². The van der Waals surface area contributed by atoms with Crippen LogP contribution >= 0.6 is 11.6 Å². The van der Waals surface area contributed by atoms with Crippen LogP contribution in [0.5, 0.6) is 5.75 Å². The van der Waals surface area contributed by atoms with Gasteiger partial charge in [-0.25, -0.2) is 0 Å². The van der Waals surface area contributed by atoms with Gasteiger partial charge in [0, 0.05) is 28.7 Å². The molecule has 1 unspecified atom stereocenters. The SMILES string of the molecule is Cc1cc(C(C)NCc2cc(Cl)ccc2O)c(C)o1. The number of hydrogen-bond acceptors (Lipinski definition) is 3. The average Bonchev–Trinajstić information content (AvgIpc) is 2.69. The molecule has 0 aliphatic carbocycles. The van der Waals surface area contributed by atoms with Crippen LogP contribution in [0.25, 0.3) is 0 Å². The van der Waals surface area contributed by atoms with Gasteiger partial charge < -0.3 is 14.8 Å². The first-order valence-corrected chi connectivity index (χ1v) is 6.63. The summed E-state index contributed by atoms with van der Waals surface area (Å²) >= 11 is 5.92. The van der Waals surface area contributed by atoms with Crippen molar-refractivity contribution in [3.63, 3.8) is 0 Å². The second kappa shape index (κ2) is 5.68. The average molecular weight is 280 g/mol. The van der Waals surface area contributed by atoms with Crippen molar-refractivity contribution >= 4 is 11.6 Å². The number of phenolic OH excluding ortho intramolecular Hbond substituents is 1. The van der Waals surface area contributed by atoms with Crippen LogP contribution in [0.1, 0.15) is 35.6 Å². The van der Waals surface area contributed by atoms with Crippen molar-refractivity contribution in [2.45, 2.75) is 33.4 Å². The number of aryl methyl sites for hydroxylation is 2. The van der Waals surface area contributed by atoms with E-state index in [-0.39, 0.29) is 11.8 Å². The molecule has 3 nitrogen and oxygen atoms in total. The summed E-state index contributed by atoms with van der Waals surface area (Å²) < 4.78 is 5.52. The molecule has 0 aliphatic rings. The Morgan fingerprint density at radius 3 is 2.68 bits per heavy atom. The molecule has 1 aromatic heterocycles. The van der Waals surface area contributed by atoms with E-state index in [1.54, 1.807) is 18.2 Å². The van der Waals surface area contributed by atoms with E-state index in [0.717, 1.165) is 22.6 Å². The lowest BCUT2D eigenvalue weighted by Crippen LogP contribution is -2.18. The van der Waals surface area contributed by atoms with Gasteiger partial charge in [-0.05, 0) is 45.0 Å². The van der Waals surface area contributed by atoms with Gasteiger partial charge >= 0.3 is 0 Å². The molecule has 0 saturated carbocycles. The molecule has 0 bridgehead atoms. The van der Waals surface area contributed by atoms with Crippen LogP contribution in [0, 0.1) is 13.8 Å². The minimum Gasteiger partial charge on any atom is -0.508 e. The van der Waals surface area contributed by atoms with Crippen molar-refractivity contribution in [3.05, 3.63) is 51.9 Å². The fourth-order valence-electron chi connectivity index (χ4n) is 2.15. The van der Waals surface area contributed by atoms with E-state index in [1.807, 2.05) is 19.9 Å². The molecule has 2 N–H and O–H groups in total. The molecule has 0 spiro atoms. The Bertz CT molecular complexity index is 578. The van der Waals surface area contributed by atoms with Gasteiger partial charge in [-0.15, -0.1) is 0 Å². The van der Waals surface area contributed by atoms with Gasteiger partial charge in [0.15, 0.2) is 0 Å². The zero-order chi connectivity index (χ0) is 14.0. The molecule has 1 heterocycles. The minimum absolute atomic E-state index is 0.149. The lowest BCUT2D eigenvalue weighted by molar-refractivity contribution is 0.458. The van der Waals surface area contributed by atoms with E-state index in [0.29, 0.717) is 11.6 Å². The summed E-state index contributed by atoms with van der Waals surface area (Å²) in [7, 11) is 0. The molecule has 4 heteroatoms. The van der Waals surface area contributed by atoms with Crippen molar-refractivity contribution in [3.8, 4) is 5.75 Å². The number of hydrogen-bond donors (Lipinski definition) is 2. The maximum atomic E-state index is 9.76. The van der Waals surface area contributed by atoms with E-state index in [2.05, 4.69) is 12.2 Å². The van der Waals surface area contributed by atoms with Crippen LogP contribution in [0.15, 0.2) is 28.7 Å². The summed E-state index contributed by atoms with van der Waals surface area (Å²) in [4.78, 5) is 0. The Balaban J connectivity index is 2.06. The van der Waals surface area contributed by atoms with Gasteiger partial charge in [0.25, 0.3) is 0 Å². The molecule has 1 atom stereocenters. The number of nitrogens with one attached hydrogen (secondary N) is 1. The summed E-state index contributed by atoms with van der Waals surface area (Å²) in [6.45, 7) is 6.51. The van der Waals surface area contributed by atoms with E-state index in [9.17, 15) is 5.11 Å². The van der Waals surface area contributed by atoms with Crippen molar-refractivity contribution in [2.75, 3.05) is 0 Å². The second-order valence-electron chi connectivity index (χ2n) is 4.74. The van der Waals surface area contributed by atoms with Crippen LogP contribution in [0.4, 0.5) is 0 Å². The van der Waals surface area contributed by atoms with Crippen LogP contribution in [0.3, 0.4) is 0 Å². The predicted octanol–water partition coefficient (Wildman–Crippen LogP) is 4.11. The third-order valence-electron chi connectivity index (χ3n) is 3.19. The molecule has 19 heavy (non-hydrogen) atoms. The quantitative estimate of drug-likeness (QED) is 0.885. The van der Waals surface area contributed by atoms with Gasteiger partial charge in [0.1, 0.15) is 17.3 Å². The van der Waals surface area contributed by atoms with Crippen molar-refractivity contribution in [1.82, 2.24) is 5.32 Å². The van der Waals surface area contributed by atoms with Gasteiger partial charge in [0.05, 0.1) is 0 Å². The Kier molecular flexibility index (Phi) is 4.17. The van der Waals surface area contributed by atoms with Gasteiger partial charge in [-0.3, -0.25) is 0 Å². The maximum Gasteiger partial charge on any atom is 0.120 e. The summed E-state index contributed by atoms with van der Waals surface area (Å²) in [6, 6.07) is 7.23. The predicted molar refractivity (Wildman–Crippen MR) is 76.6 cm³/mol. The standard InChI is InChI=1S/C15H18ClNO2/c1-9-6-14(11(3)19-9)10(2)17-8-12-7-13(16)4-5-15(12)18/h4-7,10,17-18H,8H2,1-3H3. The molecule has 0 amide bonds. The number of aromatic hydroxyl groups is 1. The number of benzene rings is 1. The fourth-order valence-corrected chi connectivity index (χ4v) is 2.34. The van der Waals surface area contributed by atoms with E-state index < -0.39 is 0 Å². The number of phenols is 1. The van der Waals surface area contributed by atoms with E-state index >= 15 is 0 Å². The maximum absolute atomic E-state index is 9.76. The summed E-state index contributed by atoms with van der Waals surface area (Å²) in [6.07, 6.45) is 0. The third-order valence-corrected chi connectivity index (χ3v) is 3.42. The Labute approximate surface area is 118 Å². The van der Waals surface area contributed by atoms with Crippen LogP contribution in [-0.4, -0.2) is 5.11 Å². The minimum atomic E-state index is 0.149. The normalized spacial score (nSPS) is 12.6. The molecular formula is C15H18ClNO2. The highest BCUT2D eigenvalue weighted by molar-refractivity contribution is 6.30. The molecule has 0 aliphatic heterocycles. The van der Waals surface area contributed by atoms with Crippen LogP contribution in [-0.2, 0) is 6.54 Å². The van der Waals surface area contributed by atoms with Crippen molar-refractivity contribution in [2.24, 2.45) is 0 Å².